The number of rotatable bonds is 6. The highest BCUT2D eigenvalue weighted by Gasteiger charge is 2.40. The first-order valence-electron chi connectivity index (χ1n) is 4.15. The highest BCUT2D eigenvalue weighted by atomic mass is 19.3. The molecular weight excluding hydrogens is 218 g/mol. The van der Waals surface area contributed by atoms with Crippen LogP contribution in [0.1, 0.15) is 13.3 Å². The quantitative estimate of drug-likeness (QED) is 0.210. The number of hydrogen-bond acceptors (Lipinski definition) is 3. The van der Waals surface area contributed by atoms with Gasteiger partial charge in [-0.3, -0.25) is 0 Å². The summed E-state index contributed by atoms with van der Waals surface area (Å²) in [5.74, 6) is -4.23. The summed E-state index contributed by atoms with van der Waals surface area (Å²) >= 11 is 0. The van der Waals surface area contributed by atoms with Crippen molar-refractivity contribution in [3.05, 3.63) is 0 Å². The van der Waals surface area contributed by atoms with Gasteiger partial charge in [0.25, 0.3) is 0 Å². The molecule has 0 aromatic rings. The second-order valence-electron chi connectivity index (χ2n) is 3.14. The molecule has 4 nitrogen and oxygen atoms in total. The Kier molecular flexibility index (Phi) is 5.34. The van der Waals surface area contributed by atoms with E-state index in [0.29, 0.717) is 0 Å². The third kappa shape index (κ3) is 5.40. The number of hydrogen-bond donors (Lipinski definition) is 3. The topological polar surface area (TPSA) is 70.6 Å². The molecule has 8 heteroatoms. The van der Waals surface area contributed by atoms with E-state index in [1.807, 2.05) is 0 Å². The number of oxime groups is 1. The zero-order chi connectivity index (χ0) is 12.1. The highest BCUT2D eigenvalue weighted by molar-refractivity contribution is 5.80. The first kappa shape index (κ1) is 13.9. The Morgan fingerprint density at radius 3 is 2.47 bits per heavy atom. The molecule has 0 heterocycles. The summed E-state index contributed by atoms with van der Waals surface area (Å²) in [6, 6.07) is -0.578. The van der Waals surface area contributed by atoms with Crippen LogP contribution in [0.25, 0.3) is 0 Å². The third-order valence-corrected chi connectivity index (χ3v) is 1.65. The summed E-state index contributed by atoms with van der Waals surface area (Å²) in [6.45, 7) is 0.310. The minimum atomic E-state index is -4.07. The van der Waals surface area contributed by atoms with Crippen LogP contribution < -0.4 is 11.1 Å². The smallest absolute Gasteiger partial charge is 0.319 e. The lowest BCUT2D eigenvalue weighted by Crippen LogP contribution is -2.43. The van der Waals surface area contributed by atoms with Gasteiger partial charge in [0.2, 0.25) is 0 Å². The molecule has 15 heavy (non-hydrogen) atoms. The van der Waals surface area contributed by atoms with Crippen LogP contribution in [0.3, 0.4) is 0 Å². The van der Waals surface area contributed by atoms with Gasteiger partial charge in [-0.05, 0) is 6.92 Å². The molecule has 0 aliphatic rings. The fourth-order valence-electron chi connectivity index (χ4n) is 0.814. The number of nitrogens with zero attached hydrogens (tertiary/aromatic N) is 1. The predicted molar refractivity (Wildman–Crippen MR) is 46.4 cm³/mol. The van der Waals surface area contributed by atoms with E-state index in [4.69, 9.17) is 10.9 Å². The maximum atomic E-state index is 12.4. The molecule has 0 bridgehead atoms. The van der Waals surface area contributed by atoms with Crippen molar-refractivity contribution in [3.63, 3.8) is 0 Å². The Balaban J connectivity index is 3.95. The molecule has 0 saturated carbocycles. The normalized spacial score (nSPS) is 15.7. The molecule has 0 amide bonds. The summed E-state index contributed by atoms with van der Waals surface area (Å²) in [5, 5.41) is 13.0. The van der Waals surface area contributed by atoms with Gasteiger partial charge in [0.15, 0.2) is 0 Å². The average molecular weight is 231 g/mol. The summed E-state index contributed by atoms with van der Waals surface area (Å²) in [7, 11) is 0. The molecule has 1 atom stereocenters. The van der Waals surface area contributed by atoms with Crippen molar-refractivity contribution in [2.75, 3.05) is 6.54 Å². The van der Waals surface area contributed by atoms with E-state index in [-0.39, 0.29) is 12.3 Å². The Morgan fingerprint density at radius 1 is 1.53 bits per heavy atom. The maximum Gasteiger partial charge on any atom is 0.319 e. The van der Waals surface area contributed by atoms with E-state index < -0.39 is 24.9 Å². The van der Waals surface area contributed by atoms with Crippen molar-refractivity contribution in [1.82, 2.24) is 5.32 Å². The fourth-order valence-corrected chi connectivity index (χ4v) is 0.814. The van der Waals surface area contributed by atoms with Crippen molar-refractivity contribution in [2.24, 2.45) is 10.9 Å². The molecule has 0 saturated heterocycles. The molecular formula is C7H13F4N3O. The lowest BCUT2D eigenvalue weighted by Gasteiger charge is -2.19. The highest BCUT2D eigenvalue weighted by Crippen LogP contribution is 2.21. The van der Waals surface area contributed by atoms with E-state index >= 15 is 0 Å². The first-order valence-corrected chi connectivity index (χ1v) is 4.15. The minimum Gasteiger partial charge on any atom is -0.409 e. The fraction of sp³-hybridized carbons (Fsp3) is 0.857. The van der Waals surface area contributed by atoms with Gasteiger partial charge < -0.3 is 16.3 Å². The molecule has 0 fully saturated rings. The van der Waals surface area contributed by atoms with Crippen molar-refractivity contribution < 1.29 is 22.8 Å². The van der Waals surface area contributed by atoms with Crippen molar-refractivity contribution in [3.8, 4) is 0 Å². The second-order valence-corrected chi connectivity index (χ2v) is 3.14. The molecule has 4 N–H and O–H groups in total. The summed E-state index contributed by atoms with van der Waals surface area (Å²) in [5.41, 5.74) is 5.10. The number of alkyl halides is 4. The van der Waals surface area contributed by atoms with E-state index in [0.717, 1.165) is 0 Å². The Labute approximate surface area is 84.1 Å². The van der Waals surface area contributed by atoms with Crippen LogP contribution in [0.5, 0.6) is 0 Å². The van der Waals surface area contributed by atoms with Gasteiger partial charge in [0, 0.05) is 12.5 Å². The summed E-state index contributed by atoms with van der Waals surface area (Å²) in [4.78, 5) is 0. The lowest BCUT2D eigenvalue weighted by molar-refractivity contribution is -0.126. The Hall–Kier alpha value is -1.05. The van der Waals surface area contributed by atoms with Crippen LogP contribution >= 0.6 is 0 Å². The maximum absolute atomic E-state index is 12.4. The van der Waals surface area contributed by atoms with Gasteiger partial charge in [0.1, 0.15) is 5.84 Å². The lowest BCUT2D eigenvalue weighted by atomic mass is 10.2. The number of nitrogens with one attached hydrogen (secondary N) is 1. The molecule has 0 radical (unpaired) electrons. The van der Waals surface area contributed by atoms with E-state index in [9.17, 15) is 17.6 Å². The van der Waals surface area contributed by atoms with Gasteiger partial charge >= 0.3 is 12.3 Å². The van der Waals surface area contributed by atoms with Crippen LogP contribution in [-0.4, -0.2) is 36.0 Å². The molecule has 0 aromatic heterocycles. The molecule has 1 unspecified atom stereocenters. The molecule has 0 aliphatic carbocycles. The largest absolute Gasteiger partial charge is 0.409 e. The van der Waals surface area contributed by atoms with Crippen molar-refractivity contribution >= 4 is 5.84 Å². The van der Waals surface area contributed by atoms with Crippen LogP contribution in [0, 0.1) is 0 Å². The van der Waals surface area contributed by atoms with Crippen LogP contribution in [-0.2, 0) is 0 Å². The second kappa shape index (κ2) is 5.74. The number of halogens is 4. The predicted octanol–water partition coefficient (Wildman–Crippen LogP) is 1.00. The zero-order valence-corrected chi connectivity index (χ0v) is 8.05. The minimum absolute atomic E-state index is 0.00415. The van der Waals surface area contributed by atoms with Gasteiger partial charge in [-0.25, -0.2) is 8.78 Å². The zero-order valence-electron chi connectivity index (χ0n) is 8.05. The SMILES string of the molecule is CC(CC(N)=NO)NCC(F)(F)C(F)F. The molecule has 90 valence electrons. The molecule has 0 spiro atoms. The monoisotopic (exact) mass is 231 g/mol. The number of amidine groups is 1. The van der Waals surface area contributed by atoms with Crippen molar-refractivity contribution in [2.45, 2.75) is 31.7 Å². The van der Waals surface area contributed by atoms with Gasteiger partial charge in [-0.15, -0.1) is 0 Å². The average Bonchev–Trinajstić information content (AvgIpc) is 2.14. The Bertz CT molecular complexity index is 222. The first-order chi connectivity index (χ1) is 6.79. The van der Waals surface area contributed by atoms with Crippen LogP contribution in [0.4, 0.5) is 17.6 Å². The van der Waals surface area contributed by atoms with Crippen LogP contribution in [0.2, 0.25) is 0 Å². The molecule has 0 aliphatic heterocycles. The molecule has 0 aromatic carbocycles. The molecule has 0 rings (SSSR count). The van der Waals surface area contributed by atoms with Crippen LogP contribution in [0.15, 0.2) is 5.16 Å². The summed E-state index contributed by atoms with van der Waals surface area (Å²) in [6.07, 6.45) is -3.71. The Morgan fingerprint density at radius 2 is 2.07 bits per heavy atom. The summed E-state index contributed by atoms with van der Waals surface area (Å²) < 4.78 is 48.2. The third-order valence-electron chi connectivity index (χ3n) is 1.65. The standard InChI is InChI=1S/C7H13F4N3O/c1-4(2-5(12)14-15)13-3-7(10,11)6(8)9/h4,6,13,15H,2-3H2,1H3,(H2,12,14). The number of nitrogens with two attached hydrogens (primary N) is 1. The van der Waals surface area contributed by atoms with Gasteiger partial charge in [-0.2, -0.15) is 8.78 Å². The van der Waals surface area contributed by atoms with Gasteiger partial charge in [0.05, 0.1) is 6.54 Å². The van der Waals surface area contributed by atoms with Crippen molar-refractivity contribution in [1.29, 1.82) is 0 Å². The van der Waals surface area contributed by atoms with E-state index in [1.54, 1.807) is 0 Å². The van der Waals surface area contributed by atoms with Gasteiger partial charge in [-0.1, -0.05) is 5.16 Å². The van der Waals surface area contributed by atoms with E-state index in [2.05, 4.69) is 10.5 Å². The van der Waals surface area contributed by atoms with E-state index in [1.165, 1.54) is 6.92 Å².